The lowest BCUT2D eigenvalue weighted by Gasteiger charge is -2.27. The standard InChI is InChI=1S/C54H40N4.C2H6/c1-2-38(16-15-37-55-49-23-9-3-17-43(49)44-18-4-10-24-50(44)55)56(39-29-33-41(34-30-39)57-51-25-11-5-19-45(51)46-20-6-12-26-52(46)57)40-31-35-42(36-32-40)58-53-27-13-7-21-47(53)48-22-8-14-28-54(48)58;1-2/h2-36H,37H2,1H3;1-2H3/b16-15-,38-2+;. The molecule has 0 amide bonds. The van der Waals surface area contributed by atoms with Gasteiger partial charge in [0.2, 0.25) is 0 Å². The van der Waals surface area contributed by atoms with Crippen LogP contribution in [0.5, 0.6) is 0 Å². The molecule has 4 heteroatoms. The molecule has 0 saturated heterocycles. The number of aromatic nitrogens is 3. The van der Waals surface area contributed by atoms with E-state index >= 15 is 0 Å². The number of anilines is 2. The fraction of sp³-hybridized carbons (Fsp3) is 0.0714. The van der Waals surface area contributed by atoms with Crippen LogP contribution < -0.4 is 4.90 Å². The normalized spacial score (nSPS) is 12.0. The van der Waals surface area contributed by atoms with E-state index in [1.54, 1.807) is 0 Å². The summed E-state index contributed by atoms with van der Waals surface area (Å²) in [4.78, 5) is 2.37. The van der Waals surface area contributed by atoms with E-state index in [4.69, 9.17) is 0 Å². The zero-order valence-corrected chi connectivity index (χ0v) is 34.2. The Morgan fingerprint density at radius 1 is 0.400 bits per heavy atom. The second-order valence-corrected chi connectivity index (χ2v) is 14.9. The first-order valence-corrected chi connectivity index (χ1v) is 21.0. The maximum Gasteiger partial charge on any atom is 0.0541 e. The Labute approximate surface area is 350 Å². The van der Waals surface area contributed by atoms with Crippen LogP contribution in [-0.2, 0) is 6.54 Å². The van der Waals surface area contributed by atoms with Crippen molar-refractivity contribution in [2.45, 2.75) is 27.3 Å². The van der Waals surface area contributed by atoms with Gasteiger partial charge in [-0.05, 0) is 97.9 Å². The Balaban J connectivity index is 0.00000213. The van der Waals surface area contributed by atoms with Gasteiger partial charge >= 0.3 is 0 Å². The van der Waals surface area contributed by atoms with Crippen molar-refractivity contribution in [3.8, 4) is 11.4 Å². The summed E-state index contributed by atoms with van der Waals surface area (Å²) in [7, 11) is 0. The van der Waals surface area contributed by atoms with E-state index in [2.05, 4.69) is 238 Å². The third-order valence-electron chi connectivity index (χ3n) is 11.7. The van der Waals surface area contributed by atoms with Crippen molar-refractivity contribution in [1.29, 1.82) is 0 Å². The van der Waals surface area contributed by atoms with Crippen LogP contribution in [0.1, 0.15) is 20.8 Å². The summed E-state index contributed by atoms with van der Waals surface area (Å²) in [6, 6.07) is 70.2. The SMILES string of the molecule is C/C=C(\C=C/Cn1c2ccccc2c2ccccc21)N(c1ccc(-n2c3ccccc3c3ccccc32)cc1)c1ccc(-n2c3ccccc3c3ccccc32)cc1.CC. The summed E-state index contributed by atoms with van der Waals surface area (Å²) >= 11 is 0. The van der Waals surface area contributed by atoms with Gasteiger partial charge in [-0.15, -0.1) is 0 Å². The maximum absolute atomic E-state index is 2.42. The van der Waals surface area contributed by atoms with Crippen LogP contribution in [0.25, 0.3) is 76.8 Å². The van der Waals surface area contributed by atoms with Crippen LogP contribution in [0.3, 0.4) is 0 Å². The Morgan fingerprint density at radius 3 is 1.03 bits per heavy atom. The van der Waals surface area contributed by atoms with Gasteiger partial charge in [0.1, 0.15) is 0 Å². The molecule has 0 aliphatic heterocycles. The highest BCUT2D eigenvalue weighted by molar-refractivity contribution is 6.10. The molecule has 0 spiro atoms. The fourth-order valence-corrected chi connectivity index (χ4v) is 9.13. The third-order valence-corrected chi connectivity index (χ3v) is 11.7. The topological polar surface area (TPSA) is 18.0 Å². The number of rotatable bonds is 8. The van der Waals surface area contributed by atoms with Crippen molar-refractivity contribution >= 4 is 76.8 Å². The molecule has 0 N–H and O–H groups in total. The molecule has 0 radical (unpaired) electrons. The minimum atomic E-state index is 0.749. The summed E-state index contributed by atoms with van der Waals surface area (Å²) in [6.45, 7) is 6.88. The first kappa shape index (κ1) is 36.8. The number of benzene rings is 8. The van der Waals surface area contributed by atoms with E-state index in [0.717, 1.165) is 35.0 Å². The fourth-order valence-electron chi connectivity index (χ4n) is 9.13. The highest BCUT2D eigenvalue weighted by Gasteiger charge is 2.17. The Hall–Kier alpha value is -7.56. The van der Waals surface area contributed by atoms with Crippen LogP contribution >= 0.6 is 0 Å². The minimum absolute atomic E-state index is 0.749. The van der Waals surface area contributed by atoms with Crippen molar-refractivity contribution in [2.75, 3.05) is 4.90 Å². The summed E-state index contributed by atoms with van der Waals surface area (Å²) in [5.74, 6) is 0. The van der Waals surface area contributed by atoms with Gasteiger partial charge in [-0.25, -0.2) is 0 Å². The van der Waals surface area contributed by atoms with Crippen molar-refractivity contribution in [3.63, 3.8) is 0 Å². The van der Waals surface area contributed by atoms with Gasteiger partial charge in [-0.1, -0.05) is 135 Å². The molecule has 4 nitrogen and oxygen atoms in total. The smallest absolute Gasteiger partial charge is 0.0541 e. The molecule has 0 aliphatic rings. The van der Waals surface area contributed by atoms with Crippen LogP contribution in [-0.4, -0.2) is 13.7 Å². The zero-order chi connectivity index (χ0) is 40.6. The predicted molar refractivity (Wildman–Crippen MR) is 257 cm³/mol. The third kappa shape index (κ3) is 6.08. The molecule has 11 rings (SSSR count). The molecular formula is C56H46N4. The minimum Gasteiger partial charge on any atom is -0.337 e. The molecule has 0 bridgehead atoms. The Bertz CT molecular complexity index is 3050. The van der Waals surface area contributed by atoms with Crippen molar-refractivity contribution < 1.29 is 0 Å². The molecule has 8 aromatic carbocycles. The monoisotopic (exact) mass is 774 g/mol. The number of hydrogen-bond acceptors (Lipinski definition) is 1. The second-order valence-electron chi connectivity index (χ2n) is 14.9. The molecule has 60 heavy (non-hydrogen) atoms. The molecule has 0 saturated carbocycles. The Kier molecular flexibility index (Phi) is 9.59. The van der Waals surface area contributed by atoms with Gasteiger partial charge in [0, 0.05) is 78.3 Å². The zero-order valence-electron chi connectivity index (χ0n) is 34.2. The summed E-state index contributed by atoms with van der Waals surface area (Å²) in [5, 5.41) is 7.61. The number of fused-ring (bicyclic) bond motifs is 9. The molecule has 3 aromatic heterocycles. The van der Waals surface area contributed by atoms with Crippen LogP contribution in [0.4, 0.5) is 11.4 Å². The van der Waals surface area contributed by atoms with Crippen LogP contribution in [0.2, 0.25) is 0 Å². The molecule has 0 aliphatic carbocycles. The average Bonchev–Trinajstić information content (AvgIpc) is 3.96. The quantitative estimate of drug-likeness (QED) is 0.141. The van der Waals surface area contributed by atoms with Crippen LogP contribution in [0.15, 0.2) is 218 Å². The largest absolute Gasteiger partial charge is 0.337 e. The van der Waals surface area contributed by atoms with Gasteiger partial charge < -0.3 is 18.6 Å². The van der Waals surface area contributed by atoms with E-state index in [9.17, 15) is 0 Å². The highest BCUT2D eigenvalue weighted by Crippen LogP contribution is 2.37. The molecule has 290 valence electrons. The van der Waals surface area contributed by atoms with Gasteiger partial charge in [0.05, 0.1) is 22.1 Å². The number of allylic oxidation sites excluding steroid dienone is 3. The van der Waals surface area contributed by atoms with Gasteiger partial charge in [0.15, 0.2) is 0 Å². The lowest BCUT2D eigenvalue weighted by Crippen LogP contribution is -2.15. The predicted octanol–water partition coefficient (Wildman–Crippen LogP) is 15.3. The molecule has 0 atom stereocenters. The van der Waals surface area contributed by atoms with Crippen molar-refractivity contribution in [1.82, 2.24) is 13.7 Å². The summed E-state index contributed by atoms with van der Waals surface area (Å²) in [5.41, 5.74) is 12.8. The molecule has 3 heterocycles. The van der Waals surface area contributed by atoms with Gasteiger partial charge in [-0.3, -0.25) is 0 Å². The second kappa shape index (κ2) is 15.7. The van der Waals surface area contributed by atoms with Crippen molar-refractivity contribution in [2.24, 2.45) is 0 Å². The van der Waals surface area contributed by atoms with E-state index in [-0.39, 0.29) is 0 Å². The lowest BCUT2D eigenvalue weighted by molar-refractivity contribution is 0.897. The number of nitrogens with zero attached hydrogens (tertiary/aromatic N) is 4. The van der Waals surface area contributed by atoms with E-state index in [1.165, 1.54) is 65.4 Å². The lowest BCUT2D eigenvalue weighted by atomic mass is 10.1. The average molecular weight is 775 g/mol. The molecule has 0 fully saturated rings. The number of hydrogen-bond donors (Lipinski definition) is 0. The van der Waals surface area contributed by atoms with Crippen LogP contribution in [0, 0.1) is 0 Å². The maximum atomic E-state index is 2.42. The van der Waals surface area contributed by atoms with E-state index in [0.29, 0.717) is 0 Å². The van der Waals surface area contributed by atoms with E-state index in [1.807, 2.05) is 13.8 Å². The molecule has 11 aromatic rings. The van der Waals surface area contributed by atoms with Gasteiger partial charge in [0.25, 0.3) is 0 Å². The molecule has 0 unspecified atom stereocenters. The van der Waals surface area contributed by atoms with Crippen molar-refractivity contribution in [3.05, 3.63) is 218 Å². The summed E-state index contributed by atoms with van der Waals surface area (Å²) in [6.07, 6.45) is 6.77. The number of para-hydroxylation sites is 6. The molecular weight excluding hydrogens is 729 g/mol. The van der Waals surface area contributed by atoms with Gasteiger partial charge in [-0.2, -0.15) is 0 Å². The Morgan fingerprint density at radius 2 is 0.700 bits per heavy atom. The summed E-state index contributed by atoms with van der Waals surface area (Å²) < 4.78 is 7.17. The first-order valence-electron chi connectivity index (χ1n) is 21.0. The highest BCUT2D eigenvalue weighted by atomic mass is 15.1. The first-order chi connectivity index (χ1) is 29.8. The van der Waals surface area contributed by atoms with E-state index < -0.39 is 0 Å².